The zero-order valence-electron chi connectivity index (χ0n) is 12.0. The summed E-state index contributed by atoms with van der Waals surface area (Å²) in [6.07, 6.45) is -4.75. The van der Waals surface area contributed by atoms with Crippen LogP contribution in [0.5, 0.6) is 5.88 Å². The fourth-order valence-electron chi connectivity index (χ4n) is 2.53. The second-order valence-electron chi connectivity index (χ2n) is 4.93. The molecule has 4 nitrogen and oxygen atoms in total. The Kier molecular flexibility index (Phi) is 3.42. The van der Waals surface area contributed by atoms with E-state index in [2.05, 4.69) is 15.3 Å². The predicted molar refractivity (Wildman–Crippen MR) is 78.6 cm³/mol. The van der Waals surface area contributed by atoms with Gasteiger partial charge in [-0.2, -0.15) is 13.2 Å². The van der Waals surface area contributed by atoms with Crippen LogP contribution in [0.4, 0.5) is 18.9 Å². The van der Waals surface area contributed by atoms with Crippen LogP contribution < -0.4 is 10.1 Å². The van der Waals surface area contributed by atoms with Crippen molar-refractivity contribution >= 4 is 22.3 Å². The highest BCUT2D eigenvalue weighted by molar-refractivity contribution is 6.16. The van der Waals surface area contributed by atoms with Crippen molar-refractivity contribution in [3.8, 4) is 5.88 Å². The molecular weight excluding hydrogens is 295 g/mol. The minimum absolute atomic E-state index is 0.0770. The van der Waals surface area contributed by atoms with Gasteiger partial charge in [0.05, 0.1) is 23.9 Å². The van der Waals surface area contributed by atoms with Gasteiger partial charge in [0.1, 0.15) is 6.17 Å². The van der Waals surface area contributed by atoms with Crippen molar-refractivity contribution in [2.45, 2.75) is 25.7 Å². The summed E-state index contributed by atoms with van der Waals surface area (Å²) in [5.41, 5.74) is -0.123. The number of pyridine rings is 1. The van der Waals surface area contributed by atoms with E-state index in [0.29, 0.717) is 23.0 Å². The van der Waals surface area contributed by atoms with Gasteiger partial charge in [-0.1, -0.05) is 25.1 Å². The molecule has 0 saturated carbocycles. The maximum Gasteiger partial charge on any atom is 0.433 e. The molecule has 2 heterocycles. The van der Waals surface area contributed by atoms with E-state index in [-0.39, 0.29) is 11.4 Å². The zero-order valence-corrected chi connectivity index (χ0v) is 12.0. The standard InChI is InChI=1S/C15H14F3N3O/c1-3-10-20-12-8-6-4-5-7-9(8)19-14(22-2)11(12)13(21-10)15(16,17)18/h4-7,10,20H,3H2,1-2H3. The number of halogens is 3. The Morgan fingerprint density at radius 2 is 2.00 bits per heavy atom. The predicted octanol–water partition coefficient (Wildman–Crippen LogP) is 3.76. The molecule has 1 atom stereocenters. The van der Waals surface area contributed by atoms with E-state index >= 15 is 0 Å². The first-order chi connectivity index (χ1) is 10.5. The van der Waals surface area contributed by atoms with Crippen LogP contribution in [0.2, 0.25) is 0 Å². The average Bonchev–Trinajstić information content (AvgIpc) is 2.51. The number of aromatic nitrogens is 1. The fourth-order valence-corrected chi connectivity index (χ4v) is 2.53. The Labute approximate surface area is 125 Å². The summed E-state index contributed by atoms with van der Waals surface area (Å²) in [6.45, 7) is 1.78. The minimum Gasteiger partial charge on any atom is -0.480 e. The Balaban J connectivity index is 2.37. The Morgan fingerprint density at radius 3 is 2.64 bits per heavy atom. The molecule has 1 N–H and O–H groups in total. The van der Waals surface area contributed by atoms with Gasteiger partial charge in [-0.15, -0.1) is 0 Å². The number of aliphatic imine (C=N–C) groups is 1. The van der Waals surface area contributed by atoms with Gasteiger partial charge in [0.25, 0.3) is 0 Å². The number of ether oxygens (including phenoxy) is 1. The van der Waals surface area contributed by atoms with Crippen molar-refractivity contribution in [2.75, 3.05) is 12.4 Å². The first-order valence-electron chi connectivity index (χ1n) is 6.84. The second kappa shape index (κ2) is 5.15. The number of para-hydroxylation sites is 1. The molecule has 22 heavy (non-hydrogen) atoms. The van der Waals surface area contributed by atoms with E-state index in [0.717, 1.165) is 0 Å². The first kappa shape index (κ1) is 14.6. The maximum atomic E-state index is 13.4. The summed E-state index contributed by atoms with van der Waals surface area (Å²) < 4.78 is 45.3. The molecule has 0 aliphatic carbocycles. The van der Waals surface area contributed by atoms with Crippen LogP contribution >= 0.6 is 0 Å². The Hall–Kier alpha value is -2.31. The van der Waals surface area contributed by atoms with Crippen LogP contribution in [0.3, 0.4) is 0 Å². The quantitative estimate of drug-likeness (QED) is 0.919. The van der Waals surface area contributed by atoms with Gasteiger partial charge in [-0.25, -0.2) is 4.98 Å². The van der Waals surface area contributed by atoms with E-state index in [9.17, 15) is 13.2 Å². The molecule has 1 aliphatic rings. The van der Waals surface area contributed by atoms with E-state index in [1.54, 1.807) is 31.2 Å². The molecule has 116 valence electrons. The number of nitrogens with zero attached hydrogens (tertiary/aromatic N) is 2. The number of hydrogen-bond donors (Lipinski definition) is 1. The second-order valence-corrected chi connectivity index (χ2v) is 4.93. The van der Waals surface area contributed by atoms with Crippen LogP contribution in [0, 0.1) is 0 Å². The largest absolute Gasteiger partial charge is 0.480 e. The number of methoxy groups -OCH3 is 1. The van der Waals surface area contributed by atoms with E-state index in [4.69, 9.17) is 4.74 Å². The SMILES string of the molecule is CCC1N=C(C(F)(F)F)c2c(OC)nc3ccccc3c2N1. The van der Waals surface area contributed by atoms with Gasteiger partial charge in [-0.3, -0.25) is 4.99 Å². The molecule has 2 aromatic rings. The van der Waals surface area contributed by atoms with E-state index in [1.165, 1.54) is 7.11 Å². The summed E-state index contributed by atoms with van der Waals surface area (Å²) in [6, 6.07) is 7.01. The van der Waals surface area contributed by atoms with Crippen molar-refractivity contribution in [3.63, 3.8) is 0 Å². The van der Waals surface area contributed by atoms with Gasteiger partial charge in [0.2, 0.25) is 5.88 Å². The van der Waals surface area contributed by atoms with E-state index in [1.807, 2.05) is 0 Å². The number of hydrogen-bond acceptors (Lipinski definition) is 4. The number of benzene rings is 1. The lowest BCUT2D eigenvalue weighted by molar-refractivity contribution is -0.0586. The molecule has 0 radical (unpaired) electrons. The van der Waals surface area contributed by atoms with E-state index < -0.39 is 18.1 Å². The topological polar surface area (TPSA) is 46.5 Å². The smallest absolute Gasteiger partial charge is 0.433 e. The summed E-state index contributed by atoms with van der Waals surface area (Å²) in [5.74, 6) is -0.0770. The summed E-state index contributed by atoms with van der Waals surface area (Å²) in [5, 5.41) is 3.68. The van der Waals surface area contributed by atoms with Crippen LogP contribution in [0.25, 0.3) is 10.9 Å². The molecule has 0 fully saturated rings. The molecule has 3 rings (SSSR count). The fraction of sp³-hybridized carbons (Fsp3) is 0.333. The molecule has 1 aromatic heterocycles. The third kappa shape index (κ3) is 2.26. The van der Waals surface area contributed by atoms with Gasteiger partial charge in [0, 0.05) is 5.39 Å². The lowest BCUT2D eigenvalue weighted by Crippen LogP contribution is -2.34. The number of alkyl halides is 3. The van der Waals surface area contributed by atoms with Crippen LogP contribution in [-0.2, 0) is 0 Å². The monoisotopic (exact) mass is 309 g/mol. The lowest BCUT2D eigenvalue weighted by atomic mass is 10.0. The van der Waals surface area contributed by atoms with Crippen molar-refractivity contribution in [2.24, 2.45) is 4.99 Å². The van der Waals surface area contributed by atoms with Gasteiger partial charge >= 0.3 is 6.18 Å². The molecule has 0 spiro atoms. The summed E-state index contributed by atoms with van der Waals surface area (Å²) in [7, 11) is 1.30. The number of nitrogens with one attached hydrogen (secondary N) is 1. The van der Waals surface area contributed by atoms with Crippen molar-refractivity contribution < 1.29 is 17.9 Å². The first-order valence-corrected chi connectivity index (χ1v) is 6.84. The molecule has 0 saturated heterocycles. The molecular formula is C15H14F3N3O. The van der Waals surface area contributed by atoms with Crippen LogP contribution in [-0.4, -0.2) is 30.1 Å². The molecule has 0 bridgehead atoms. The lowest BCUT2D eigenvalue weighted by Gasteiger charge is -2.28. The van der Waals surface area contributed by atoms with Crippen LogP contribution in [0.1, 0.15) is 18.9 Å². The van der Waals surface area contributed by atoms with Gasteiger partial charge in [-0.05, 0) is 12.5 Å². The van der Waals surface area contributed by atoms with Crippen molar-refractivity contribution in [1.82, 2.24) is 4.98 Å². The molecule has 1 unspecified atom stereocenters. The summed E-state index contributed by atoms with van der Waals surface area (Å²) >= 11 is 0. The molecule has 1 aliphatic heterocycles. The average molecular weight is 309 g/mol. The Morgan fingerprint density at radius 1 is 1.27 bits per heavy atom. The third-order valence-corrected chi connectivity index (χ3v) is 3.54. The van der Waals surface area contributed by atoms with Gasteiger partial charge in [0.15, 0.2) is 5.71 Å². The Bertz CT molecular complexity index is 756. The van der Waals surface area contributed by atoms with Crippen LogP contribution in [0.15, 0.2) is 29.3 Å². The highest BCUT2D eigenvalue weighted by atomic mass is 19.4. The highest BCUT2D eigenvalue weighted by Crippen LogP contribution is 2.40. The third-order valence-electron chi connectivity index (χ3n) is 3.54. The number of anilines is 1. The summed E-state index contributed by atoms with van der Waals surface area (Å²) in [4.78, 5) is 7.97. The number of fused-ring (bicyclic) bond motifs is 3. The highest BCUT2D eigenvalue weighted by Gasteiger charge is 2.43. The van der Waals surface area contributed by atoms with Gasteiger partial charge < -0.3 is 10.1 Å². The normalized spacial score (nSPS) is 17.7. The number of rotatable bonds is 2. The molecule has 0 amide bonds. The molecule has 1 aromatic carbocycles. The van der Waals surface area contributed by atoms with Crippen molar-refractivity contribution in [3.05, 3.63) is 29.8 Å². The maximum absolute atomic E-state index is 13.4. The minimum atomic E-state index is -4.57. The molecule has 7 heteroatoms. The van der Waals surface area contributed by atoms with Crippen molar-refractivity contribution in [1.29, 1.82) is 0 Å². The zero-order chi connectivity index (χ0) is 15.9.